The van der Waals surface area contributed by atoms with Crippen molar-refractivity contribution in [3.63, 3.8) is 0 Å². The normalized spacial score (nSPS) is 10.5. The van der Waals surface area contributed by atoms with E-state index in [1.807, 2.05) is 12.1 Å². The summed E-state index contributed by atoms with van der Waals surface area (Å²) in [5.41, 5.74) is 0.822. The SMILES string of the molecule is Clc1cc(-c2ncc(Br)c(Cl)n2)ccc1Br. The Balaban J connectivity index is 2.50. The fourth-order valence-electron chi connectivity index (χ4n) is 1.12. The second kappa shape index (κ2) is 5.00. The fraction of sp³-hybridized carbons (Fsp3) is 0. The van der Waals surface area contributed by atoms with Crippen LogP contribution in [0.15, 0.2) is 33.3 Å². The second-order valence-corrected chi connectivity index (χ2v) is 5.44. The van der Waals surface area contributed by atoms with Gasteiger partial charge in [0, 0.05) is 16.2 Å². The molecule has 6 heteroatoms. The molecule has 1 aromatic carbocycles. The Kier molecular flexibility index (Phi) is 3.85. The molecule has 16 heavy (non-hydrogen) atoms. The summed E-state index contributed by atoms with van der Waals surface area (Å²) in [5.74, 6) is 0.544. The zero-order chi connectivity index (χ0) is 11.7. The molecule has 2 rings (SSSR count). The third-order valence-corrected chi connectivity index (χ3v) is 4.21. The van der Waals surface area contributed by atoms with Gasteiger partial charge >= 0.3 is 0 Å². The molecule has 0 N–H and O–H groups in total. The number of nitrogens with zero attached hydrogens (tertiary/aromatic N) is 2. The molecule has 82 valence electrons. The van der Waals surface area contributed by atoms with Gasteiger partial charge < -0.3 is 0 Å². The van der Waals surface area contributed by atoms with Crippen molar-refractivity contribution in [2.24, 2.45) is 0 Å². The van der Waals surface area contributed by atoms with Crippen LogP contribution in [-0.2, 0) is 0 Å². The maximum atomic E-state index is 5.99. The Hall–Kier alpha value is -0.160. The first kappa shape index (κ1) is 12.3. The summed E-state index contributed by atoms with van der Waals surface area (Å²) in [6.07, 6.45) is 1.61. The highest BCUT2D eigenvalue weighted by Gasteiger charge is 2.07. The third kappa shape index (κ3) is 2.56. The van der Waals surface area contributed by atoms with Gasteiger partial charge in [-0.2, -0.15) is 0 Å². The Bertz CT molecular complexity index is 497. The molecule has 0 unspecified atom stereocenters. The van der Waals surface area contributed by atoms with Crippen LogP contribution in [0.1, 0.15) is 0 Å². The molecular weight excluding hydrogens is 379 g/mol. The second-order valence-electron chi connectivity index (χ2n) is 2.96. The highest BCUT2D eigenvalue weighted by molar-refractivity contribution is 9.10. The first-order chi connectivity index (χ1) is 7.58. The molecule has 0 aliphatic heterocycles. The van der Waals surface area contributed by atoms with E-state index in [9.17, 15) is 0 Å². The zero-order valence-corrected chi connectivity index (χ0v) is 12.4. The van der Waals surface area contributed by atoms with E-state index in [2.05, 4.69) is 41.8 Å². The van der Waals surface area contributed by atoms with E-state index in [0.29, 0.717) is 20.5 Å². The van der Waals surface area contributed by atoms with Gasteiger partial charge in [0.1, 0.15) is 5.15 Å². The van der Waals surface area contributed by atoms with Crippen LogP contribution in [0.4, 0.5) is 0 Å². The van der Waals surface area contributed by atoms with E-state index in [0.717, 1.165) is 10.0 Å². The number of hydrogen-bond acceptors (Lipinski definition) is 2. The number of aromatic nitrogens is 2. The Labute approximate surface area is 119 Å². The average molecular weight is 383 g/mol. The van der Waals surface area contributed by atoms with Crippen LogP contribution in [0.2, 0.25) is 10.2 Å². The van der Waals surface area contributed by atoms with Gasteiger partial charge in [0.2, 0.25) is 0 Å². The first-order valence-electron chi connectivity index (χ1n) is 4.21. The Morgan fingerprint density at radius 1 is 1.06 bits per heavy atom. The van der Waals surface area contributed by atoms with Crippen LogP contribution in [0.5, 0.6) is 0 Å². The van der Waals surface area contributed by atoms with Crippen molar-refractivity contribution in [1.29, 1.82) is 0 Å². The molecular formula is C10H4Br2Cl2N2. The van der Waals surface area contributed by atoms with E-state index in [1.54, 1.807) is 12.3 Å². The number of rotatable bonds is 1. The molecule has 0 aliphatic rings. The van der Waals surface area contributed by atoms with Gasteiger partial charge in [-0.15, -0.1) is 0 Å². The van der Waals surface area contributed by atoms with Crippen LogP contribution in [0.3, 0.4) is 0 Å². The topological polar surface area (TPSA) is 25.8 Å². The van der Waals surface area contributed by atoms with Crippen molar-refractivity contribution in [3.05, 3.63) is 43.5 Å². The molecule has 1 aromatic heterocycles. The predicted octanol–water partition coefficient (Wildman–Crippen LogP) is 4.98. The lowest BCUT2D eigenvalue weighted by molar-refractivity contribution is 1.16. The van der Waals surface area contributed by atoms with Crippen LogP contribution >= 0.6 is 55.1 Å². The van der Waals surface area contributed by atoms with Crippen LogP contribution in [0.25, 0.3) is 11.4 Å². The summed E-state index contributed by atoms with van der Waals surface area (Å²) in [5, 5.41) is 0.990. The van der Waals surface area contributed by atoms with Crippen molar-refractivity contribution in [3.8, 4) is 11.4 Å². The zero-order valence-electron chi connectivity index (χ0n) is 7.72. The van der Waals surface area contributed by atoms with Crippen molar-refractivity contribution in [2.75, 3.05) is 0 Å². The van der Waals surface area contributed by atoms with Gasteiger partial charge in [-0.25, -0.2) is 9.97 Å². The lowest BCUT2D eigenvalue weighted by Gasteiger charge is -2.03. The standard InChI is InChI=1S/C10H4Br2Cl2N2/c11-6-2-1-5(3-8(6)13)10-15-4-7(12)9(14)16-10/h1-4H. The van der Waals surface area contributed by atoms with Crippen molar-refractivity contribution < 1.29 is 0 Å². The fourth-order valence-corrected chi connectivity index (χ4v) is 1.87. The largest absolute Gasteiger partial charge is 0.235 e. The van der Waals surface area contributed by atoms with E-state index in [-0.39, 0.29) is 0 Å². The number of benzene rings is 1. The smallest absolute Gasteiger partial charge is 0.160 e. The van der Waals surface area contributed by atoms with E-state index >= 15 is 0 Å². The quantitative estimate of drug-likeness (QED) is 0.650. The number of hydrogen-bond donors (Lipinski definition) is 0. The monoisotopic (exact) mass is 380 g/mol. The maximum absolute atomic E-state index is 5.99. The van der Waals surface area contributed by atoms with E-state index in [1.165, 1.54) is 0 Å². The number of halogens is 4. The average Bonchev–Trinajstić information content (AvgIpc) is 2.26. The molecule has 1 heterocycles. The van der Waals surface area contributed by atoms with Crippen molar-refractivity contribution in [2.45, 2.75) is 0 Å². The Morgan fingerprint density at radius 2 is 1.81 bits per heavy atom. The highest BCUT2D eigenvalue weighted by atomic mass is 79.9. The van der Waals surface area contributed by atoms with Gasteiger partial charge in [0.15, 0.2) is 5.82 Å². The van der Waals surface area contributed by atoms with Gasteiger partial charge in [-0.05, 0) is 50.1 Å². The lowest BCUT2D eigenvalue weighted by Crippen LogP contribution is -1.89. The van der Waals surface area contributed by atoms with Crippen LogP contribution < -0.4 is 0 Å². The molecule has 0 atom stereocenters. The molecule has 0 saturated carbocycles. The summed E-state index contributed by atoms with van der Waals surface area (Å²) in [6, 6.07) is 5.50. The molecule has 0 bridgehead atoms. The predicted molar refractivity (Wildman–Crippen MR) is 72.9 cm³/mol. The van der Waals surface area contributed by atoms with Crippen LogP contribution in [-0.4, -0.2) is 9.97 Å². The molecule has 0 spiro atoms. The molecule has 0 amide bonds. The van der Waals surface area contributed by atoms with Crippen molar-refractivity contribution >= 4 is 55.1 Å². The van der Waals surface area contributed by atoms with Gasteiger partial charge in [0.05, 0.1) is 9.50 Å². The summed E-state index contributed by atoms with van der Waals surface area (Å²) < 4.78 is 1.50. The van der Waals surface area contributed by atoms with Gasteiger partial charge in [-0.1, -0.05) is 23.2 Å². The Morgan fingerprint density at radius 3 is 2.44 bits per heavy atom. The first-order valence-corrected chi connectivity index (χ1v) is 6.55. The van der Waals surface area contributed by atoms with E-state index in [4.69, 9.17) is 23.2 Å². The van der Waals surface area contributed by atoms with Crippen LogP contribution in [0, 0.1) is 0 Å². The minimum absolute atomic E-state index is 0.379. The minimum atomic E-state index is 0.379. The van der Waals surface area contributed by atoms with E-state index < -0.39 is 0 Å². The molecule has 0 fully saturated rings. The lowest BCUT2D eigenvalue weighted by atomic mass is 10.2. The summed E-state index contributed by atoms with van der Waals surface area (Å²) in [7, 11) is 0. The molecule has 0 saturated heterocycles. The van der Waals surface area contributed by atoms with Gasteiger partial charge in [0.25, 0.3) is 0 Å². The summed E-state index contributed by atoms with van der Waals surface area (Å²) in [4.78, 5) is 8.31. The summed E-state index contributed by atoms with van der Waals surface area (Å²) in [6.45, 7) is 0. The van der Waals surface area contributed by atoms with Gasteiger partial charge in [-0.3, -0.25) is 0 Å². The summed E-state index contributed by atoms with van der Waals surface area (Å²) >= 11 is 18.4. The molecule has 2 nitrogen and oxygen atoms in total. The maximum Gasteiger partial charge on any atom is 0.160 e. The highest BCUT2D eigenvalue weighted by Crippen LogP contribution is 2.28. The van der Waals surface area contributed by atoms with Crippen molar-refractivity contribution in [1.82, 2.24) is 9.97 Å². The molecule has 0 radical (unpaired) electrons. The minimum Gasteiger partial charge on any atom is -0.235 e. The third-order valence-electron chi connectivity index (χ3n) is 1.88. The molecule has 2 aromatic rings. The molecule has 0 aliphatic carbocycles.